The fourth-order valence-electron chi connectivity index (χ4n) is 3.05. The standard InChI is InChI=1S/C21H18FN3O3/c1-11-5-4-6-16-12(2)18(27-17(11)16)20(26)23-13(3)21-24-19(25-28-21)14-7-9-15(22)10-8-14/h4-10,13H,1-3H3,(H,23,26). The van der Waals surface area contributed by atoms with Gasteiger partial charge in [-0.3, -0.25) is 4.79 Å². The highest BCUT2D eigenvalue weighted by Gasteiger charge is 2.23. The predicted octanol–water partition coefficient (Wildman–Crippen LogP) is 4.73. The van der Waals surface area contributed by atoms with Crippen LogP contribution in [0.15, 0.2) is 51.4 Å². The number of benzene rings is 2. The van der Waals surface area contributed by atoms with Gasteiger partial charge in [-0.25, -0.2) is 4.39 Å². The summed E-state index contributed by atoms with van der Waals surface area (Å²) in [7, 11) is 0. The summed E-state index contributed by atoms with van der Waals surface area (Å²) in [5, 5.41) is 7.63. The van der Waals surface area contributed by atoms with Crippen molar-refractivity contribution in [3.05, 3.63) is 71.1 Å². The van der Waals surface area contributed by atoms with E-state index in [-0.39, 0.29) is 23.4 Å². The molecule has 2 heterocycles. The molecule has 0 fully saturated rings. The lowest BCUT2D eigenvalue weighted by molar-refractivity contribution is 0.0905. The number of para-hydroxylation sites is 1. The highest BCUT2D eigenvalue weighted by Crippen LogP contribution is 2.28. The molecule has 7 heteroatoms. The summed E-state index contributed by atoms with van der Waals surface area (Å²) in [6, 6.07) is 11.0. The second-order valence-corrected chi connectivity index (χ2v) is 6.67. The van der Waals surface area contributed by atoms with Crippen molar-refractivity contribution in [1.82, 2.24) is 15.5 Å². The lowest BCUT2D eigenvalue weighted by Gasteiger charge is -2.08. The normalized spacial score (nSPS) is 12.3. The van der Waals surface area contributed by atoms with Gasteiger partial charge in [0, 0.05) is 16.5 Å². The first-order valence-electron chi connectivity index (χ1n) is 8.83. The molecular weight excluding hydrogens is 361 g/mol. The van der Waals surface area contributed by atoms with E-state index in [9.17, 15) is 9.18 Å². The largest absolute Gasteiger partial charge is 0.450 e. The van der Waals surface area contributed by atoms with Crippen LogP contribution in [-0.2, 0) is 0 Å². The molecule has 0 bridgehead atoms. The molecule has 1 unspecified atom stereocenters. The van der Waals surface area contributed by atoms with Crippen LogP contribution >= 0.6 is 0 Å². The van der Waals surface area contributed by atoms with Gasteiger partial charge in [0.25, 0.3) is 5.91 Å². The number of carbonyl (C=O) groups excluding carboxylic acids is 1. The summed E-state index contributed by atoms with van der Waals surface area (Å²) >= 11 is 0. The number of hydrogen-bond acceptors (Lipinski definition) is 5. The number of furan rings is 1. The molecule has 0 aliphatic heterocycles. The summed E-state index contributed by atoms with van der Waals surface area (Å²) in [6.07, 6.45) is 0. The van der Waals surface area contributed by atoms with Gasteiger partial charge in [-0.05, 0) is 50.6 Å². The van der Waals surface area contributed by atoms with Gasteiger partial charge in [-0.1, -0.05) is 23.4 Å². The van der Waals surface area contributed by atoms with Crippen LogP contribution in [0.5, 0.6) is 0 Å². The van der Waals surface area contributed by atoms with Crippen LogP contribution < -0.4 is 5.32 Å². The Kier molecular flexibility index (Phi) is 4.43. The molecule has 4 rings (SSSR count). The van der Waals surface area contributed by atoms with Gasteiger partial charge < -0.3 is 14.3 Å². The van der Waals surface area contributed by atoms with Crippen molar-refractivity contribution in [3.8, 4) is 11.4 Å². The zero-order chi connectivity index (χ0) is 19.8. The third-order valence-electron chi connectivity index (χ3n) is 4.63. The molecular formula is C21H18FN3O3. The monoisotopic (exact) mass is 379 g/mol. The van der Waals surface area contributed by atoms with Gasteiger partial charge in [0.15, 0.2) is 5.76 Å². The Morgan fingerprint density at radius 1 is 1.14 bits per heavy atom. The van der Waals surface area contributed by atoms with Crippen molar-refractivity contribution >= 4 is 16.9 Å². The van der Waals surface area contributed by atoms with E-state index in [1.165, 1.54) is 12.1 Å². The first-order valence-corrected chi connectivity index (χ1v) is 8.83. The molecule has 2 aromatic carbocycles. The van der Waals surface area contributed by atoms with Crippen LogP contribution in [0.25, 0.3) is 22.4 Å². The summed E-state index contributed by atoms with van der Waals surface area (Å²) in [4.78, 5) is 17.0. The molecule has 142 valence electrons. The molecule has 6 nitrogen and oxygen atoms in total. The molecule has 0 aliphatic rings. The highest BCUT2D eigenvalue weighted by atomic mass is 19.1. The Hall–Kier alpha value is -3.48. The van der Waals surface area contributed by atoms with Crippen molar-refractivity contribution in [1.29, 1.82) is 0 Å². The second kappa shape index (κ2) is 6.92. The van der Waals surface area contributed by atoms with Gasteiger partial charge in [0.2, 0.25) is 11.7 Å². The number of rotatable bonds is 4. The van der Waals surface area contributed by atoms with Crippen molar-refractivity contribution in [2.75, 3.05) is 0 Å². The van der Waals surface area contributed by atoms with Crippen molar-refractivity contribution in [2.24, 2.45) is 0 Å². The second-order valence-electron chi connectivity index (χ2n) is 6.67. The fraction of sp³-hybridized carbons (Fsp3) is 0.190. The molecule has 1 N–H and O–H groups in total. The van der Waals surface area contributed by atoms with Crippen molar-refractivity contribution in [3.63, 3.8) is 0 Å². The molecule has 1 amide bonds. The minimum absolute atomic E-state index is 0.248. The van der Waals surface area contributed by atoms with Gasteiger partial charge >= 0.3 is 0 Å². The summed E-state index contributed by atoms with van der Waals surface area (Å²) in [5.41, 5.74) is 3.07. The number of hydrogen-bond donors (Lipinski definition) is 1. The molecule has 0 saturated heterocycles. The SMILES string of the molecule is Cc1c(C(=O)NC(C)c2nc(-c3ccc(F)cc3)no2)oc2c(C)cccc12. The maximum Gasteiger partial charge on any atom is 0.287 e. The van der Waals surface area contributed by atoms with Crippen LogP contribution in [0.2, 0.25) is 0 Å². The number of aryl methyl sites for hydroxylation is 2. The zero-order valence-electron chi connectivity index (χ0n) is 15.6. The quantitative estimate of drug-likeness (QED) is 0.554. The molecule has 2 aromatic heterocycles. The lowest BCUT2D eigenvalue weighted by atomic mass is 10.1. The minimum atomic E-state index is -0.525. The van der Waals surface area contributed by atoms with E-state index >= 15 is 0 Å². The van der Waals surface area contributed by atoms with E-state index in [2.05, 4.69) is 15.5 Å². The Labute approximate surface area is 160 Å². The molecule has 1 atom stereocenters. The first kappa shape index (κ1) is 17.9. The van der Waals surface area contributed by atoms with Gasteiger partial charge in [-0.2, -0.15) is 4.98 Å². The Morgan fingerprint density at radius 3 is 2.61 bits per heavy atom. The lowest BCUT2D eigenvalue weighted by Crippen LogP contribution is -2.27. The highest BCUT2D eigenvalue weighted by molar-refractivity contribution is 5.99. The Bertz CT molecular complexity index is 1160. The van der Waals surface area contributed by atoms with Gasteiger partial charge in [0.05, 0.1) is 0 Å². The number of aromatic nitrogens is 2. The van der Waals surface area contributed by atoms with E-state index < -0.39 is 6.04 Å². The summed E-state index contributed by atoms with van der Waals surface area (Å²) < 4.78 is 24.1. The number of nitrogens with zero attached hydrogens (tertiary/aromatic N) is 2. The molecule has 0 spiro atoms. The van der Waals surface area contributed by atoms with E-state index in [1.54, 1.807) is 19.1 Å². The first-order chi connectivity index (χ1) is 13.4. The average Bonchev–Trinajstić information content (AvgIpc) is 3.29. The number of fused-ring (bicyclic) bond motifs is 1. The third kappa shape index (κ3) is 3.15. The third-order valence-corrected chi connectivity index (χ3v) is 4.63. The number of nitrogens with one attached hydrogen (secondary N) is 1. The maximum atomic E-state index is 13.1. The molecule has 0 saturated carbocycles. The fourth-order valence-corrected chi connectivity index (χ4v) is 3.05. The minimum Gasteiger partial charge on any atom is -0.450 e. The van der Waals surface area contributed by atoms with Gasteiger partial charge in [-0.15, -0.1) is 0 Å². The van der Waals surface area contributed by atoms with Crippen LogP contribution in [0.3, 0.4) is 0 Å². The number of carbonyl (C=O) groups is 1. The van der Waals surface area contributed by atoms with E-state index in [0.717, 1.165) is 16.5 Å². The summed E-state index contributed by atoms with van der Waals surface area (Å²) in [5.74, 6) is 0.130. The average molecular weight is 379 g/mol. The zero-order valence-corrected chi connectivity index (χ0v) is 15.6. The maximum absolute atomic E-state index is 13.1. The summed E-state index contributed by atoms with van der Waals surface area (Å²) in [6.45, 7) is 5.53. The van der Waals surface area contributed by atoms with Crippen LogP contribution in [-0.4, -0.2) is 16.0 Å². The molecule has 0 radical (unpaired) electrons. The van der Waals surface area contributed by atoms with E-state index in [0.29, 0.717) is 17.0 Å². The van der Waals surface area contributed by atoms with Crippen LogP contribution in [0, 0.1) is 19.7 Å². The Balaban J connectivity index is 1.55. The van der Waals surface area contributed by atoms with E-state index in [4.69, 9.17) is 8.94 Å². The molecule has 4 aromatic rings. The predicted molar refractivity (Wildman–Crippen MR) is 101 cm³/mol. The van der Waals surface area contributed by atoms with Crippen LogP contribution in [0.1, 0.15) is 40.5 Å². The van der Waals surface area contributed by atoms with Crippen LogP contribution in [0.4, 0.5) is 4.39 Å². The van der Waals surface area contributed by atoms with Crippen molar-refractivity contribution < 1.29 is 18.1 Å². The van der Waals surface area contributed by atoms with E-state index in [1.807, 2.05) is 32.0 Å². The topological polar surface area (TPSA) is 81.2 Å². The molecule has 0 aliphatic carbocycles. The smallest absolute Gasteiger partial charge is 0.287 e. The Morgan fingerprint density at radius 2 is 1.89 bits per heavy atom. The van der Waals surface area contributed by atoms with Gasteiger partial charge in [0.1, 0.15) is 17.4 Å². The number of halogens is 1. The molecule has 28 heavy (non-hydrogen) atoms. The number of amides is 1. The van der Waals surface area contributed by atoms with Crippen molar-refractivity contribution in [2.45, 2.75) is 26.8 Å².